The molecule has 0 bridgehead atoms. The summed E-state index contributed by atoms with van der Waals surface area (Å²) in [5, 5.41) is 8.41. The summed E-state index contributed by atoms with van der Waals surface area (Å²) >= 11 is 0. The first-order valence-electron chi connectivity index (χ1n) is 25.5. The van der Waals surface area contributed by atoms with Gasteiger partial charge in [-0.15, -0.1) is 0 Å². The molecular formula is C51H98O8. The second-order valence-electron chi connectivity index (χ2n) is 17.2. The Morgan fingerprint density at radius 2 is 0.542 bits per heavy atom. The first kappa shape index (κ1) is 59.0. The Bertz CT molecular complexity index is 868. The fraction of sp³-hybridized carbons (Fsp3) is 0.922. The van der Waals surface area contributed by atoms with Gasteiger partial charge in [0, 0.05) is 25.7 Å². The van der Waals surface area contributed by atoms with Crippen molar-refractivity contribution in [2.75, 3.05) is 13.2 Å². The number of carbonyl (C=O) groups excluding carboxylic acids is 3. The molecule has 0 heterocycles. The fourth-order valence-electron chi connectivity index (χ4n) is 7.20. The van der Waals surface area contributed by atoms with Gasteiger partial charge in [0.1, 0.15) is 13.2 Å². The molecule has 0 atom stereocenters. The molecule has 0 unspecified atom stereocenters. The maximum atomic E-state index is 12.6. The second kappa shape index (κ2) is 50.2. The van der Waals surface area contributed by atoms with Crippen LogP contribution in [0.25, 0.3) is 0 Å². The van der Waals surface area contributed by atoms with Crippen LogP contribution in [0.2, 0.25) is 0 Å². The monoisotopic (exact) mass is 839 g/mol. The zero-order chi connectivity index (χ0) is 43.7. The molecule has 0 aliphatic rings. The zero-order valence-corrected chi connectivity index (χ0v) is 39.6. The second-order valence-corrected chi connectivity index (χ2v) is 17.2. The van der Waals surface area contributed by atoms with Crippen LogP contribution >= 0.6 is 0 Å². The van der Waals surface area contributed by atoms with Crippen LogP contribution in [0.3, 0.4) is 0 Å². The van der Waals surface area contributed by atoms with Gasteiger partial charge in [-0.2, -0.15) is 0 Å². The molecule has 8 heteroatoms. The third-order valence-corrected chi connectivity index (χ3v) is 11.1. The maximum Gasteiger partial charge on any atom is 0.306 e. The number of ether oxygens (including phenoxy) is 3. The van der Waals surface area contributed by atoms with Crippen molar-refractivity contribution in [2.45, 2.75) is 291 Å². The van der Waals surface area contributed by atoms with E-state index in [9.17, 15) is 19.2 Å². The number of aliphatic carboxylic acids is 1. The highest BCUT2D eigenvalue weighted by Crippen LogP contribution is 2.15. The smallest absolute Gasteiger partial charge is 0.306 e. The number of carboxylic acids is 1. The van der Waals surface area contributed by atoms with Gasteiger partial charge in [0.2, 0.25) is 0 Å². The predicted octanol–water partition coefficient (Wildman–Crippen LogP) is 15.7. The van der Waals surface area contributed by atoms with Crippen molar-refractivity contribution < 1.29 is 38.5 Å². The average Bonchev–Trinajstić information content (AvgIpc) is 3.22. The Kier molecular flexibility index (Phi) is 50.2. The number of hydrogen-bond donors (Lipinski definition) is 1. The number of carboxylic acid groups (broad SMARTS) is 1. The van der Waals surface area contributed by atoms with E-state index in [-0.39, 0.29) is 31.1 Å². The number of hydrogen-bond acceptors (Lipinski definition) is 7. The molecule has 59 heavy (non-hydrogen) atoms. The lowest BCUT2D eigenvalue weighted by Crippen LogP contribution is -2.30. The van der Waals surface area contributed by atoms with Crippen molar-refractivity contribution >= 4 is 23.9 Å². The lowest BCUT2D eigenvalue weighted by Gasteiger charge is -2.18. The molecule has 0 aromatic heterocycles. The molecule has 8 nitrogen and oxygen atoms in total. The molecule has 0 rings (SSSR count). The maximum absolute atomic E-state index is 12.6. The van der Waals surface area contributed by atoms with Gasteiger partial charge >= 0.3 is 23.9 Å². The number of carbonyl (C=O) groups is 4. The Morgan fingerprint density at radius 1 is 0.322 bits per heavy atom. The molecule has 1 N–H and O–H groups in total. The summed E-state index contributed by atoms with van der Waals surface area (Å²) in [6.07, 6.45) is 43.8. The van der Waals surface area contributed by atoms with Crippen LogP contribution in [0.4, 0.5) is 0 Å². The Labute approximate surface area is 365 Å². The largest absolute Gasteiger partial charge is 0.481 e. The molecule has 0 spiro atoms. The summed E-state index contributed by atoms with van der Waals surface area (Å²) in [4.78, 5) is 47.5. The van der Waals surface area contributed by atoms with Crippen LogP contribution in [-0.4, -0.2) is 48.3 Å². The number of unbranched alkanes of at least 4 members (excludes halogenated alkanes) is 32. The van der Waals surface area contributed by atoms with Gasteiger partial charge < -0.3 is 19.3 Å². The third-order valence-electron chi connectivity index (χ3n) is 11.1. The highest BCUT2D eigenvalue weighted by molar-refractivity contribution is 5.71. The fourth-order valence-corrected chi connectivity index (χ4v) is 7.20. The molecule has 350 valence electrons. The number of esters is 3. The average molecular weight is 839 g/mol. The van der Waals surface area contributed by atoms with Gasteiger partial charge in [0.15, 0.2) is 6.10 Å². The summed E-state index contributed by atoms with van der Waals surface area (Å²) in [6, 6.07) is 0. The zero-order valence-electron chi connectivity index (χ0n) is 39.6. The Morgan fingerprint density at radius 3 is 0.797 bits per heavy atom. The van der Waals surface area contributed by atoms with Crippen molar-refractivity contribution in [2.24, 2.45) is 0 Å². The molecule has 0 radical (unpaired) electrons. The van der Waals surface area contributed by atoms with E-state index in [0.29, 0.717) is 25.7 Å². The summed E-state index contributed by atoms with van der Waals surface area (Å²) in [7, 11) is 0. The Balaban J connectivity index is 0. The SMILES string of the molecule is CCCCCCCCCCCC(=O)O.CCCCCCCCCCCC(=O)OCC(COC(=O)CCCCCCCCCCC)OC(=O)CCCCCCCCCCC. The highest BCUT2D eigenvalue weighted by atomic mass is 16.6. The van der Waals surface area contributed by atoms with Gasteiger partial charge in [-0.05, 0) is 25.7 Å². The van der Waals surface area contributed by atoms with E-state index >= 15 is 0 Å². The topological polar surface area (TPSA) is 116 Å². The van der Waals surface area contributed by atoms with Gasteiger partial charge in [-0.25, -0.2) is 0 Å². The van der Waals surface area contributed by atoms with Crippen molar-refractivity contribution in [1.82, 2.24) is 0 Å². The van der Waals surface area contributed by atoms with Crippen molar-refractivity contribution in [1.29, 1.82) is 0 Å². The molecule has 0 aliphatic carbocycles. The van der Waals surface area contributed by atoms with Crippen LogP contribution in [0.15, 0.2) is 0 Å². The normalized spacial score (nSPS) is 11.0. The van der Waals surface area contributed by atoms with Crippen molar-refractivity contribution in [3.05, 3.63) is 0 Å². The summed E-state index contributed by atoms with van der Waals surface area (Å²) in [5.74, 6) is -1.53. The van der Waals surface area contributed by atoms with Crippen LogP contribution in [-0.2, 0) is 33.4 Å². The summed E-state index contributed by atoms with van der Waals surface area (Å²) in [6.45, 7) is 8.79. The summed E-state index contributed by atoms with van der Waals surface area (Å²) in [5.41, 5.74) is 0. The van der Waals surface area contributed by atoms with E-state index in [1.54, 1.807) is 0 Å². The standard InChI is InChI=1S/C39H74O6.C12H24O2/c1-4-7-10-13-16-19-22-25-28-31-37(40)43-34-36(45-39(42)33-30-27-24-21-18-15-12-9-6-3)35-44-38(41)32-29-26-23-20-17-14-11-8-5-2;1-2-3-4-5-6-7-8-9-10-11-12(13)14/h36H,4-35H2,1-3H3;2-11H2,1H3,(H,13,14). The van der Waals surface area contributed by atoms with Gasteiger partial charge in [0.05, 0.1) is 0 Å². The molecular weight excluding hydrogens is 741 g/mol. The molecule has 0 saturated heterocycles. The molecule has 0 amide bonds. The van der Waals surface area contributed by atoms with Crippen LogP contribution in [0, 0.1) is 0 Å². The predicted molar refractivity (Wildman–Crippen MR) is 247 cm³/mol. The van der Waals surface area contributed by atoms with E-state index in [1.165, 1.54) is 161 Å². The lowest BCUT2D eigenvalue weighted by molar-refractivity contribution is -0.167. The molecule has 0 saturated carbocycles. The molecule has 0 aromatic carbocycles. The van der Waals surface area contributed by atoms with E-state index in [1.807, 2.05) is 0 Å². The van der Waals surface area contributed by atoms with Gasteiger partial charge in [-0.3, -0.25) is 19.2 Å². The highest BCUT2D eigenvalue weighted by Gasteiger charge is 2.19. The lowest BCUT2D eigenvalue weighted by atomic mass is 10.1. The van der Waals surface area contributed by atoms with Crippen LogP contribution in [0.5, 0.6) is 0 Å². The summed E-state index contributed by atoms with van der Waals surface area (Å²) < 4.78 is 16.5. The molecule has 0 aromatic rings. The van der Waals surface area contributed by atoms with Gasteiger partial charge in [0.25, 0.3) is 0 Å². The number of rotatable bonds is 45. The first-order chi connectivity index (χ1) is 28.8. The first-order valence-corrected chi connectivity index (χ1v) is 25.5. The van der Waals surface area contributed by atoms with E-state index in [4.69, 9.17) is 19.3 Å². The van der Waals surface area contributed by atoms with Crippen LogP contribution < -0.4 is 0 Å². The quantitative estimate of drug-likeness (QED) is 0.0366. The molecule has 0 fully saturated rings. The third kappa shape index (κ3) is 52.0. The van der Waals surface area contributed by atoms with E-state index in [2.05, 4.69) is 27.7 Å². The Hall–Kier alpha value is -2.12. The van der Waals surface area contributed by atoms with Gasteiger partial charge in [-0.1, -0.05) is 233 Å². The minimum absolute atomic E-state index is 0.0644. The minimum Gasteiger partial charge on any atom is -0.481 e. The van der Waals surface area contributed by atoms with Crippen molar-refractivity contribution in [3.8, 4) is 0 Å². The van der Waals surface area contributed by atoms with Crippen molar-refractivity contribution in [3.63, 3.8) is 0 Å². The minimum atomic E-state index is -0.754. The van der Waals surface area contributed by atoms with Crippen LogP contribution in [0.1, 0.15) is 285 Å². The van der Waals surface area contributed by atoms with E-state index in [0.717, 1.165) is 70.6 Å². The molecule has 0 aliphatic heterocycles. The van der Waals surface area contributed by atoms with E-state index < -0.39 is 12.1 Å².